The average Bonchev–Trinajstić information content (AvgIpc) is 3.09. The second-order valence-corrected chi connectivity index (χ2v) is 7.25. The summed E-state index contributed by atoms with van der Waals surface area (Å²) in [4.78, 5) is 12.0. The first kappa shape index (κ1) is 22.7. The minimum Gasteiger partial charge on any atom is -0.463 e. The van der Waals surface area contributed by atoms with Gasteiger partial charge in [0.15, 0.2) is 0 Å². The Bertz CT molecular complexity index is 1160. The number of unbranched alkanes of at least 4 members (excludes halogenated alkanes) is 2. The molecule has 1 aromatic heterocycles. The molecule has 6 heteroatoms. The summed E-state index contributed by atoms with van der Waals surface area (Å²) in [5, 5.41) is 1.56. The smallest absolute Gasteiger partial charge is 0.416 e. The second kappa shape index (κ2) is 9.86. The normalized spacial score (nSPS) is 13.5. The van der Waals surface area contributed by atoms with Crippen LogP contribution in [0.4, 0.5) is 13.2 Å². The van der Waals surface area contributed by atoms with Crippen LogP contribution in [0.2, 0.25) is 0 Å². The molecule has 3 rings (SSSR count). The molecular formula is C25H25F3O3. The minimum absolute atomic E-state index is 0.251. The van der Waals surface area contributed by atoms with Crippen LogP contribution in [0.25, 0.3) is 22.4 Å². The Balaban J connectivity index is 2.24. The van der Waals surface area contributed by atoms with Crippen LogP contribution >= 0.6 is 0 Å². The number of alkyl halides is 3. The van der Waals surface area contributed by atoms with Gasteiger partial charge in [-0.05, 0) is 37.5 Å². The van der Waals surface area contributed by atoms with Crippen molar-refractivity contribution in [3.05, 3.63) is 70.5 Å². The summed E-state index contributed by atoms with van der Waals surface area (Å²) in [5.74, 6) is -0.504. The van der Waals surface area contributed by atoms with E-state index in [1.54, 1.807) is 6.92 Å². The summed E-state index contributed by atoms with van der Waals surface area (Å²) in [5.41, 5.74) is 1.75. The van der Waals surface area contributed by atoms with Gasteiger partial charge in [-0.25, -0.2) is 4.79 Å². The molecule has 0 N–H and O–H groups in total. The molecule has 0 bridgehead atoms. The number of benzene rings is 2. The van der Waals surface area contributed by atoms with Gasteiger partial charge >= 0.3 is 12.1 Å². The molecule has 164 valence electrons. The van der Waals surface area contributed by atoms with Crippen LogP contribution in [0.3, 0.4) is 0 Å². The van der Waals surface area contributed by atoms with Crippen molar-refractivity contribution in [1.29, 1.82) is 0 Å². The monoisotopic (exact) mass is 430 g/mol. The van der Waals surface area contributed by atoms with Crippen LogP contribution in [-0.4, -0.2) is 12.6 Å². The van der Waals surface area contributed by atoms with Crippen LogP contribution in [0, 0.1) is 0 Å². The Hall–Kier alpha value is -3.02. The fourth-order valence-corrected chi connectivity index (χ4v) is 3.54. The Morgan fingerprint density at radius 2 is 1.68 bits per heavy atom. The highest BCUT2D eigenvalue weighted by Crippen LogP contribution is 2.30. The topological polar surface area (TPSA) is 39.4 Å². The van der Waals surface area contributed by atoms with E-state index in [2.05, 4.69) is 6.92 Å². The van der Waals surface area contributed by atoms with Crippen LogP contribution in [0.5, 0.6) is 0 Å². The minimum atomic E-state index is -4.39. The zero-order valence-corrected chi connectivity index (χ0v) is 17.6. The summed E-state index contributed by atoms with van der Waals surface area (Å²) in [6, 6.07) is 12.6. The molecule has 2 aromatic carbocycles. The van der Waals surface area contributed by atoms with Crippen molar-refractivity contribution in [2.45, 2.75) is 45.7 Å². The zero-order chi connectivity index (χ0) is 22.4. The molecule has 0 spiro atoms. The molecule has 3 nitrogen and oxygen atoms in total. The lowest BCUT2D eigenvalue weighted by Crippen LogP contribution is -2.10. The summed E-state index contributed by atoms with van der Waals surface area (Å²) < 4.78 is 50.2. The Kier molecular flexibility index (Phi) is 7.21. The van der Waals surface area contributed by atoms with Crippen molar-refractivity contribution in [3.8, 4) is 0 Å². The van der Waals surface area contributed by atoms with Crippen LogP contribution in [-0.2, 0) is 15.7 Å². The Labute approximate surface area is 178 Å². The van der Waals surface area contributed by atoms with Crippen molar-refractivity contribution in [2.75, 3.05) is 6.61 Å². The van der Waals surface area contributed by atoms with Crippen molar-refractivity contribution in [2.24, 2.45) is 0 Å². The van der Waals surface area contributed by atoms with Gasteiger partial charge in [0.1, 0.15) is 10.8 Å². The third-order valence-electron chi connectivity index (χ3n) is 5.05. The molecule has 0 radical (unpaired) electrons. The molecule has 0 unspecified atom stereocenters. The highest BCUT2D eigenvalue weighted by Gasteiger charge is 2.30. The first-order valence-electron chi connectivity index (χ1n) is 10.4. The molecule has 0 saturated heterocycles. The van der Waals surface area contributed by atoms with Gasteiger partial charge in [0.05, 0.1) is 18.2 Å². The lowest BCUT2D eigenvalue weighted by Gasteiger charge is -2.10. The highest BCUT2D eigenvalue weighted by atomic mass is 19.4. The Morgan fingerprint density at radius 1 is 1.00 bits per heavy atom. The molecule has 0 amide bonds. The summed E-state index contributed by atoms with van der Waals surface area (Å²) >= 11 is 0. The molecule has 31 heavy (non-hydrogen) atoms. The van der Waals surface area contributed by atoms with Crippen LogP contribution < -0.4 is 10.8 Å². The van der Waals surface area contributed by atoms with Gasteiger partial charge < -0.3 is 9.15 Å². The molecular weight excluding hydrogens is 405 g/mol. The Morgan fingerprint density at radius 3 is 2.29 bits per heavy atom. The number of carbonyl (C=O) groups excluding carboxylic acids is 1. The third-order valence-corrected chi connectivity index (χ3v) is 5.05. The molecule has 1 heterocycles. The van der Waals surface area contributed by atoms with E-state index >= 15 is 0 Å². The van der Waals surface area contributed by atoms with E-state index in [1.807, 2.05) is 24.3 Å². The molecule has 0 aliphatic heterocycles. The highest BCUT2D eigenvalue weighted by molar-refractivity contribution is 6.02. The van der Waals surface area contributed by atoms with Gasteiger partial charge in [-0.1, -0.05) is 56.2 Å². The van der Waals surface area contributed by atoms with E-state index in [0.29, 0.717) is 22.8 Å². The quantitative estimate of drug-likeness (QED) is 0.363. The average molecular weight is 430 g/mol. The fraction of sp³-hybridized carbons (Fsp3) is 0.320. The number of carbonyl (C=O) groups is 1. The van der Waals surface area contributed by atoms with E-state index < -0.39 is 17.7 Å². The number of furan rings is 1. The van der Waals surface area contributed by atoms with Gasteiger partial charge in [0.2, 0.25) is 0 Å². The maximum absolute atomic E-state index is 13.0. The van der Waals surface area contributed by atoms with Gasteiger partial charge in [-0.2, -0.15) is 13.2 Å². The van der Waals surface area contributed by atoms with Gasteiger partial charge in [-0.15, -0.1) is 0 Å². The van der Waals surface area contributed by atoms with E-state index in [4.69, 9.17) is 9.15 Å². The van der Waals surface area contributed by atoms with E-state index in [9.17, 15) is 18.0 Å². The zero-order valence-electron chi connectivity index (χ0n) is 17.6. The number of rotatable bonds is 7. The summed E-state index contributed by atoms with van der Waals surface area (Å²) in [6.07, 6.45) is 0.450. The molecule has 0 aliphatic rings. The molecule has 0 aliphatic carbocycles. The van der Waals surface area contributed by atoms with Gasteiger partial charge in [0.25, 0.3) is 0 Å². The SMILES string of the molecule is CCCCC/C(c1ccc(C(F)(F)F)cc1)=c1/o/c(=C\C(=O)OCC)c2ccccc12. The maximum atomic E-state index is 13.0. The van der Waals surface area contributed by atoms with Crippen molar-refractivity contribution in [3.63, 3.8) is 0 Å². The molecule has 3 aromatic rings. The van der Waals surface area contributed by atoms with Crippen molar-refractivity contribution < 1.29 is 27.1 Å². The first-order valence-corrected chi connectivity index (χ1v) is 10.4. The second-order valence-electron chi connectivity index (χ2n) is 7.25. The van der Waals surface area contributed by atoms with Gasteiger partial charge in [0, 0.05) is 16.3 Å². The van der Waals surface area contributed by atoms with Crippen molar-refractivity contribution in [1.82, 2.24) is 0 Å². The number of halogens is 3. The standard InChI is InChI=1S/C25H25F3O3/c1-3-5-6-9-19(17-12-14-18(15-13-17)25(26,27)28)24-21-11-8-7-10-20(21)22(31-24)16-23(29)30-4-2/h7-8,10-16H,3-6,9H2,1-2H3/b22-16-,24-19-. The summed E-state index contributed by atoms with van der Waals surface area (Å²) in [7, 11) is 0. The van der Waals surface area contributed by atoms with E-state index in [1.165, 1.54) is 18.2 Å². The van der Waals surface area contributed by atoms with E-state index in [0.717, 1.165) is 47.7 Å². The predicted octanol–water partition coefficient (Wildman–Crippen LogP) is 5.57. The van der Waals surface area contributed by atoms with E-state index in [-0.39, 0.29) is 6.61 Å². The largest absolute Gasteiger partial charge is 0.463 e. The lowest BCUT2D eigenvalue weighted by atomic mass is 9.97. The number of hydrogen-bond donors (Lipinski definition) is 0. The van der Waals surface area contributed by atoms with Crippen LogP contribution in [0.1, 0.15) is 50.7 Å². The van der Waals surface area contributed by atoms with Crippen molar-refractivity contribution >= 4 is 28.4 Å². The predicted molar refractivity (Wildman–Crippen MR) is 115 cm³/mol. The fourth-order valence-electron chi connectivity index (χ4n) is 3.54. The number of hydrogen-bond acceptors (Lipinski definition) is 3. The number of fused-ring (bicyclic) bond motifs is 1. The van der Waals surface area contributed by atoms with Crippen LogP contribution in [0.15, 0.2) is 52.9 Å². The molecule has 0 atom stereocenters. The first-order chi connectivity index (χ1) is 14.8. The summed E-state index contributed by atoms with van der Waals surface area (Å²) in [6.45, 7) is 4.06. The third kappa shape index (κ3) is 5.37. The molecule has 0 fully saturated rings. The molecule has 0 saturated carbocycles. The maximum Gasteiger partial charge on any atom is 0.416 e. The lowest BCUT2D eigenvalue weighted by molar-refractivity contribution is -0.137. The van der Waals surface area contributed by atoms with Gasteiger partial charge in [-0.3, -0.25) is 0 Å². The number of ether oxygens (including phenoxy) is 1. The number of esters is 1.